The highest BCUT2D eigenvalue weighted by atomic mass is 32.2. The number of hydrogen-bond acceptors (Lipinski definition) is 4. The molecule has 1 aromatic rings. The van der Waals surface area contributed by atoms with E-state index in [2.05, 4.69) is 5.32 Å². The van der Waals surface area contributed by atoms with Crippen molar-refractivity contribution in [2.45, 2.75) is 37.1 Å². The Balaban J connectivity index is 1.96. The number of nitrogens with one attached hydrogen (secondary N) is 1. The van der Waals surface area contributed by atoms with Crippen LogP contribution in [0.1, 0.15) is 37.8 Å². The zero-order valence-electron chi connectivity index (χ0n) is 15.2. The molecule has 140 valence electrons. The van der Waals surface area contributed by atoms with Crippen LogP contribution in [0.3, 0.4) is 0 Å². The number of amides is 2. The average Bonchev–Trinajstić information content (AvgIpc) is 2.59. The Bertz CT molecular complexity index is 667. The molecule has 2 rings (SSSR count). The van der Waals surface area contributed by atoms with Crippen LogP contribution in [0.25, 0.3) is 0 Å². The average molecular weight is 368 g/mol. The Morgan fingerprint density at radius 1 is 1.28 bits per heavy atom. The molecule has 0 spiro atoms. The minimum absolute atomic E-state index is 0.106. The molecule has 1 aliphatic rings. The van der Waals surface area contributed by atoms with Crippen LogP contribution < -0.4 is 5.32 Å². The Morgan fingerprint density at radius 2 is 1.88 bits per heavy atom. The summed E-state index contributed by atoms with van der Waals surface area (Å²) in [5.74, 6) is 0.485. The third-order valence-corrected chi connectivity index (χ3v) is 5.76. The van der Waals surface area contributed by atoms with Gasteiger partial charge in [0.1, 0.15) is 0 Å². The molecule has 6 nitrogen and oxygen atoms in total. The Labute approximate surface area is 150 Å². The van der Waals surface area contributed by atoms with Crippen LogP contribution in [0.4, 0.5) is 4.79 Å². The summed E-state index contributed by atoms with van der Waals surface area (Å²) in [6.45, 7) is 4.25. The topological polar surface area (TPSA) is 75.7 Å². The van der Waals surface area contributed by atoms with Crippen LogP contribution in [0.5, 0.6) is 0 Å². The van der Waals surface area contributed by atoms with Crippen molar-refractivity contribution < 1.29 is 17.9 Å². The molecule has 1 fully saturated rings. The fraction of sp³-hybridized carbons (Fsp3) is 0.611. The van der Waals surface area contributed by atoms with E-state index in [0.29, 0.717) is 5.92 Å². The van der Waals surface area contributed by atoms with E-state index < -0.39 is 9.84 Å². The molecule has 1 heterocycles. The largest absolute Gasteiger partial charge is 0.381 e. The minimum atomic E-state index is -3.21. The van der Waals surface area contributed by atoms with Crippen molar-refractivity contribution in [3.63, 3.8) is 0 Å². The number of carbonyl (C=O) groups excluding carboxylic acids is 1. The Kier molecular flexibility index (Phi) is 6.84. The lowest BCUT2D eigenvalue weighted by molar-refractivity contribution is 0.0585. The Hall–Kier alpha value is -1.60. The molecule has 1 saturated heterocycles. The van der Waals surface area contributed by atoms with Gasteiger partial charge in [0, 0.05) is 33.1 Å². The number of sulfone groups is 1. The van der Waals surface area contributed by atoms with Crippen LogP contribution in [-0.4, -0.2) is 52.4 Å². The molecule has 0 unspecified atom stereocenters. The van der Waals surface area contributed by atoms with Crippen molar-refractivity contribution >= 4 is 15.9 Å². The lowest BCUT2D eigenvalue weighted by Gasteiger charge is -2.28. The third kappa shape index (κ3) is 5.71. The number of benzene rings is 1. The van der Waals surface area contributed by atoms with E-state index in [1.54, 1.807) is 29.2 Å². The predicted molar refractivity (Wildman–Crippen MR) is 97.3 cm³/mol. The molecule has 0 aliphatic carbocycles. The molecule has 0 bridgehead atoms. The minimum Gasteiger partial charge on any atom is -0.381 e. The van der Waals surface area contributed by atoms with Crippen molar-refractivity contribution in [3.05, 3.63) is 29.8 Å². The maximum Gasteiger partial charge on any atom is 0.317 e. The van der Waals surface area contributed by atoms with Gasteiger partial charge in [0.25, 0.3) is 0 Å². The molecule has 25 heavy (non-hydrogen) atoms. The summed E-state index contributed by atoms with van der Waals surface area (Å²) in [6, 6.07) is 6.46. The van der Waals surface area contributed by atoms with Crippen molar-refractivity contribution in [2.24, 2.45) is 5.92 Å². The lowest BCUT2D eigenvalue weighted by Crippen LogP contribution is -2.42. The molecule has 0 saturated carbocycles. The molecule has 7 heteroatoms. The van der Waals surface area contributed by atoms with Gasteiger partial charge in [-0.2, -0.15) is 0 Å². The standard InChI is InChI=1S/C18H28N2O4S/c1-4-17(15-5-7-16(8-6-15)25(3,22)23)19-18(21)20(2)13-14-9-11-24-12-10-14/h5-8,14,17H,4,9-13H2,1-3H3,(H,19,21)/t17-/m0/s1. The van der Waals surface area contributed by atoms with E-state index in [1.807, 2.05) is 14.0 Å². The zero-order chi connectivity index (χ0) is 18.4. The SMILES string of the molecule is CC[C@H](NC(=O)N(C)CC1CCOCC1)c1ccc(S(C)(=O)=O)cc1. The Morgan fingerprint density at radius 3 is 2.40 bits per heavy atom. The summed E-state index contributed by atoms with van der Waals surface area (Å²) in [5, 5.41) is 3.04. The molecule has 1 N–H and O–H groups in total. The van der Waals surface area contributed by atoms with E-state index >= 15 is 0 Å². The van der Waals surface area contributed by atoms with Crippen LogP contribution in [0, 0.1) is 5.92 Å². The van der Waals surface area contributed by atoms with Gasteiger partial charge >= 0.3 is 6.03 Å². The van der Waals surface area contributed by atoms with Gasteiger partial charge in [-0.05, 0) is 42.9 Å². The number of hydrogen-bond donors (Lipinski definition) is 1. The van der Waals surface area contributed by atoms with Crippen molar-refractivity contribution in [1.29, 1.82) is 0 Å². The molecule has 1 atom stereocenters. The van der Waals surface area contributed by atoms with Crippen LogP contribution in [0.2, 0.25) is 0 Å². The summed E-state index contributed by atoms with van der Waals surface area (Å²) in [7, 11) is -1.40. The van der Waals surface area contributed by atoms with Gasteiger partial charge in [-0.15, -0.1) is 0 Å². The van der Waals surface area contributed by atoms with Crippen LogP contribution in [0.15, 0.2) is 29.2 Å². The maximum absolute atomic E-state index is 12.5. The zero-order valence-corrected chi connectivity index (χ0v) is 16.0. The molecule has 1 aliphatic heterocycles. The van der Waals surface area contributed by atoms with E-state index in [1.165, 1.54) is 6.26 Å². The monoisotopic (exact) mass is 368 g/mol. The van der Waals surface area contributed by atoms with E-state index in [9.17, 15) is 13.2 Å². The summed E-state index contributed by atoms with van der Waals surface area (Å²) < 4.78 is 28.5. The second-order valence-corrected chi connectivity index (χ2v) is 8.70. The second-order valence-electron chi connectivity index (χ2n) is 6.69. The number of carbonyl (C=O) groups is 1. The summed E-state index contributed by atoms with van der Waals surface area (Å²) in [6.07, 6.45) is 3.89. The van der Waals surface area contributed by atoms with Gasteiger partial charge in [-0.1, -0.05) is 19.1 Å². The molecular formula is C18H28N2O4S. The number of ether oxygens (including phenoxy) is 1. The molecule has 2 amide bonds. The quantitative estimate of drug-likeness (QED) is 0.837. The van der Waals surface area contributed by atoms with Gasteiger partial charge in [0.2, 0.25) is 0 Å². The first-order valence-corrected chi connectivity index (χ1v) is 10.6. The molecule has 1 aromatic carbocycles. The second kappa shape index (κ2) is 8.67. The number of nitrogens with zero attached hydrogens (tertiary/aromatic N) is 1. The number of urea groups is 1. The van der Waals surface area contributed by atoms with E-state index in [-0.39, 0.29) is 17.0 Å². The highest BCUT2D eigenvalue weighted by Crippen LogP contribution is 2.20. The maximum atomic E-state index is 12.5. The fourth-order valence-corrected chi connectivity index (χ4v) is 3.66. The van der Waals surface area contributed by atoms with Gasteiger partial charge in [0.15, 0.2) is 9.84 Å². The first-order chi connectivity index (χ1) is 11.8. The van der Waals surface area contributed by atoms with Gasteiger partial charge < -0.3 is 15.0 Å². The van der Waals surface area contributed by atoms with Crippen LogP contribution >= 0.6 is 0 Å². The van der Waals surface area contributed by atoms with Crippen molar-refractivity contribution in [3.8, 4) is 0 Å². The smallest absolute Gasteiger partial charge is 0.317 e. The molecular weight excluding hydrogens is 340 g/mol. The first kappa shape index (κ1) is 19.7. The fourth-order valence-electron chi connectivity index (χ4n) is 3.03. The highest BCUT2D eigenvalue weighted by Gasteiger charge is 2.21. The van der Waals surface area contributed by atoms with Gasteiger partial charge in [-0.3, -0.25) is 0 Å². The summed E-state index contributed by atoms with van der Waals surface area (Å²) in [5.41, 5.74) is 0.905. The van der Waals surface area contributed by atoms with Crippen molar-refractivity contribution in [2.75, 3.05) is 33.1 Å². The predicted octanol–water partition coefficient (Wildman–Crippen LogP) is 2.61. The molecule has 0 aromatic heterocycles. The first-order valence-electron chi connectivity index (χ1n) is 8.70. The molecule has 0 radical (unpaired) electrons. The van der Waals surface area contributed by atoms with Gasteiger partial charge in [0.05, 0.1) is 10.9 Å². The third-order valence-electron chi connectivity index (χ3n) is 4.64. The summed E-state index contributed by atoms with van der Waals surface area (Å²) >= 11 is 0. The normalized spacial score (nSPS) is 17.1. The number of rotatable bonds is 6. The van der Waals surface area contributed by atoms with Crippen molar-refractivity contribution in [1.82, 2.24) is 10.2 Å². The lowest BCUT2D eigenvalue weighted by atomic mass is 10.00. The van der Waals surface area contributed by atoms with E-state index in [0.717, 1.165) is 44.6 Å². The van der Waals surface area contributed by atoms with E-state index in [4.69, 9.17) is 4.74 Å². The highest BCUT2D eigenvalue weighted by molar-refractivity contribution is 7.90. The summed E-state index contributed by atoms with van der Waals surface area (Å²) in [4.78, 5) is 14.5. The van der Waals surface area contributed by atoms with Crippen LogP contribution in [-0.2, 0) is 14.6 Å². The van der Waals surface area contributed by atoms with Gasteiger partial charge in [-0.25, -0.2) is 13.2 Å².